The van der Waals surface area contributed by atoms with Gasteiger partial charge in [0.1, 0.15) is 5.60 Å². The molecule has 4 atom stereocenters. The van der Waals surface area contributed by atoms with Crippen LogP contribution in [0.25, 0.3) is 0 Å². The van der Waals surface area contributed by atoms with Crippen LogP contribution in [0.3, 0.4) is 0 Å². The number of esters is 2. The molecule has 4 rings (SSSR count). The molecule has 4 saturated carbocycles. The highest BCUT2D eigenvalue weighted by molar-refractivity contribution is 5.83. The molecule has 4 aliphatic carbocycles. The van der Waals surface area contributed by atoms with E-state index in [-0.39, 0.29) is 5.41 Å². The van der Waals surface area contributed by atoms with Gasteiger partial charge in [0.25, 0.3) is 0 Å². The normalized spacial score (nSPS) is 42.9. The summed E-state index contributed by atoms with van der Waals surface area (Å²) in [6, 6.07) is 0. The van der Waals surface area contributed by atoms with Crippen LogP contribution >= 0.6 is 0 Å². The van der Waals surface area contributed by atoms with E-state index in [4.69, 9.17) is 9.47 Å². The summed E-state index contributed by atoms with van der Waals surface area (Å²) in [5.74, 6) is -0.735. The number of hydrogen-bond donors (Lipinski definition) is 1. The van der Waals surface area contributed by atoms with Gasteiger partial charge in [-0.1, -0.05) is 13.5 Å². The van der Waals surface area contributed by atoms with E-state index in [1.165, 1.54) is 0 Å². The fourth-order valence-corrected chi connectivity index (χ4v) is 5.25. The minimum atomic E-state index is -0.685. The number of carbonyl (C=O) groups excluding carboxylic acids is 2. The zero-order chi connectivity index (χ0) is 15.3. The van der Waals surface area contributed by atoms with E-state index in [9.17, 15) is 14.7 Å². The fraction of sp³-hybridized carbons (Fsp3) is 0.750. The van der Waals surface area contributed by atoms with Crippen molar-refractivity contribution in [3.8, 4) is 0 Å². The Bertz CT molecular complexity index is 501. The van der Waals surface area contributed by atoms with Gasteiger partial charge in [0, 0.05) is 17.9 Å². The Kier molecular flexibility index (Phi) is 3.17. The summed E-state index contributed by atoms with van der Waals surface area (Å²) in [5.41, 5.74) is -1.37. The van der Waals surface area contributed by atoms with Crippen molar-refractivity contribution >= 4 is 11.9 Å². The van der Waals surface area contributed by atoms with Gasteiger partial charge >= 0.3 is 11.9 Å². The molecule has 5 heteroatoms. The zero-order valence-corrected chi connectivity index (χ0v) is 12.4. The Morgan fingerprint density at radius 1 is 1.33 bits per heavy atom. The van der Waals surface area contributed by atoms with Crippen molar-refractivity contribution in [1.29, 1.82) is 0 Å². The summed E-state index contributed by atoms with van der Waals surface area (Å²) in [5, 5.41) is 10.7. The molecule has 0 aliphatic heterocycles. The molecule has 0 spiro atoms. The van der Waals surface area contributed by atoms with Gasteiger partial charge in [-0.3, -0.25) is 0 Å². The number of carbonyl (C=O) groups is 2. The molecule has 21 heavy (non-hydrogen) atoms. The molecule has 116 valence electrons. The van der Waals surface area contributed by atoms with Gasteiger partial charge in [0.05, 0.1) is 5.60 Å². The molecule has 4 fully saturated rings. The highest BCUT2D eigenvalue weighted by Crippen LogP contribution is 2.71. The van der Waals surface area contributed by atoms with Crippen molar-refractivity contribution in [3.05, 3.63) is 12.7 Å². The van der Waals surface area contributed by atoms with Gasteiger partial charge in [-0.05, 0) is 38.0 Å². The van der Waals surface area contributed by atoms with Gasteiger partial charge in [-0.25, -0.2) is 9.59 Å². The Morgan fingerprint density at radius 2 is 2.10 bits per heavy atom. The molecule has 0 amide bonds. The Morgan fingerprint density at radius 3 is 2.71 bits per heavy atom. The molecule has 4 bridgehead atoms. The molecule has 0 aromatic carbocycles. The third-order valence-electron chi connectivity index (χ3n) is 5.70. The van der Waals surface area contributed by atoms with Crippen LogP contribution in [-0.4, -0.2) is 34.9 Å². The SMILES string of the molecule is C=CC(=O)OCC(=O)OC12CC3CC(O)(CC1(CC)C3)C2. The van der Waals surface area contributed by atoms with E-state index in [0.717, 1.165) is 31.8 Å². The van der Waals surface area contributed by atoms with Crippen molar-refractivity contribution in [2.75, 3.05) is 6.61 Å². The second kappa shape index (κ2) is 4.57. The average molecular weight is 294 g/mol. The fourth-order valence-electron chi connectivity index (χ4n) is 5.25. The second-order valence-electron chi connectivity index (χ2n) is 6.97. The maximum absolute atomic E-state index is 12.0. The first-order valence-corrected chi connectivity index (χ1v) is 7.59. The lowest BCUT2D eigenvalue weighted by atomic mass is 9.72. The van der Waals surface area contributed by atoms with Gasteiger partial charge in [-0.15, -0.1) is 0 Å². The van der Waals surface area contributed by atoms with Crippen molar-refractivity contribution in [2.45, 2.75) is 56.7 Å². The molecule has 0 saturated heterocycles. The Labute approximate surface area is 124 Å². The van der Waals surface area contributed by atoms with Crippen LogP contribution in [0.15, 0.2) is 12.7 Å². The van der Waals surface area contributed by atoms with E-state index >= 15 is 0 Å². The lowest BCUT2D eigenvalue weighted by Gasteiger charge is -2.39. The van der Waals surface area contributed by atoms with Crippen LogP contribution in [0, 0.1) is 11.3 Å². The van der Waals surface area contributed by atoms with E-state index < -0.39 is 29.7 Å². The predicted octanol–water partition coefficient (Wildman–Crippen LogP) is 1.73. The molecule has 0 heterocycles. The van der Waals surface area contributed by atoms with Crippen molar-refractivity contribution in [1.82, 2.24) is 0 Å². The van der Waals surface area contributed by atoms with E-state index in [1.54, 1.807) is 0 Å². The quantitative estimate of drug-likeness (QED) is 0.617. The molecule has 0 radical (unpaired) electrons. The zero-order valence-electron chi connectivity index (χ0n) is 12.4. The number of rotatable bonds is 5. The first-order valence-electron chi connectivity index (χ1n) is 7.59. The predicted molar refractivity (Wildman–Crippen MR) is 74.2 cm³/mol. The number of aliphatic hydroxyl groups is 1. The summed E-state index contributed by atoms with van der Waals surface area (Å²) in [4.78, 5) is 23.0. The standard InChI is InChI=1S/C16H22O5/c1-3-12(17)20-8-13(18)21-16-7-11-5-14(16,4-2)9-15(19,6-11)10-16/h3,11,19H,1,4-10H2,2H3. The number of ether oxygens (including phenoxy) is 2. The maximum atomic E-state index is 12.0. The van der Waals surface area contributed by atoms with Crippen molar-refractivity contribution in [3.63, 3.8) is 0 Å². The smallest absolute Gasteiger partial charge is 0.344 e. The monoisotopic (exact) mass is 294 g/mol. The van der Waals surface area contributed by atoms with Gasteiger partial charge in [0.2, 0.25) is 0 Å². The topological polar surface area (TPSA) is 72.8 Å². The third kappa shape index (κ3) is 2.09. The van der Waals surface area contributed by atoms with Crippen LogP contribution < -0.4 is 0 Å². The van der Waals surface area contributed by atoms with E-state index in [2.05, 4.69) is 13.5 Å². The lowest BCUT2D eigenvalue weighted by molar-refractivity contribution is -0.179. The maximum Gasteiger partial charge on any atom is 0.344 e. The molecule has 4 aliphatic rings. The second-order valence-corrected chi connectivity index (χ2v) is 6.97. The molecular weight excluding hydrogens is 272 g/mol. The minimum Gasteiger partial charge on any atom is -0.456 e. The molecule has 1 N–H and O–H groups in total. The summed E-state index contributed by atoms with van der Waals surface area (Å²) >= 11 is 0. The van der Waals surface area contributed by atoms with Gasteiger partial charge < -0.3 is 14.6 Å². The molecule has 5 nitrogen and oxygen atoms in total. The third-order valence-corrected chi connectivity index (χ3v) is 5.70. The molecule has 4 unspecified atom stereocenters. The lowest BCUT2D eigenvalue weighted by Crippen LogP contribution is -2.45. The Hall–Kier alpha value is -1.36. The van der Waals surface area contributed by atoms with Crippen molar-refractivity contribution in [2.24, 2.45) is 11.3 Å². The highest BCUT2D eigenvalue weighted by Gasteiger charge is 2.72. The largest absolute Gasteiger partial charge is 0.456 e. The summed E-state index contributed by atoms with van der Waals surface area (Å²) in [6.07, 6.45) is 5.81. The van der Waals surface area contributed by atoms with Crippen molar-refractivity contribution < 1.29 is 24.2 Å². The van der Waals surface area contributed by atoms with Crippen LogP contribution in [0.5, 0.6) is 0 Å². The summed E-state index contributed by atoms with van der Waals surface area (Å²) < 4.78 is 10.5. The average Bonchev–Trinajstić information content (AvgIpc) is 2.73. The molecular formula is C16H22O5. The van der Waals surface area contributed by atoms with Crippen LogP contribution in [0.2, 0.25) is 0 Å². The first kappa shape index (κ1) is 14.6. The van der Waals surface area contributed by atoms with Gasteiger partial charge in [0.15, 0.2) is 6.61 Å². The Balaban J connectivity index is 1.74. The molecule has 0 aromatic rings. The van der Waals surface area contributed by atoms with Crippen LogP contribution in [0.1, 0.15) is 45.4 Å². The van der Waals surface area contributed by atoms with Gasteiger partial charge in [-0.2, -0.15) is 0 Å². The highest BCUT2D eigenvalue weighted by atomic mass is 16.6. The van der Waals surface area contributed by atoms with E-state index in [0.29, 0.717) is 18.8 Å². The summed E-state index contributed by atoms with van der Waals surface area (Å²) in [7, 11) is 0. The van der Waals surface area contributed by atoms with Crippen LogP contribution in [0.4, 0.5) is 0 Å². The van der Waals surface area contributed by atoms with E-state index in [1.807, 2.05) is 0 Å². The minimum absolute atomic E-state index is 0.108. The van der Waals surface area contributed by atoms with Crippen LogP contribution in [-0.2, 0) is 19.1 Å². The summed E-state index contributed by atoms with van der Waals surface area (Å²) in [6.45, 7) is 4.99. The first-order chi connectivity index (χ1) is 9.86. The number of hydrogen-bond acceptors (Lipinski definition) is 5. The molecule has 0 aromatic heterocycles.